The molecule has 5 aliphatic heterocycles. The van der Waals surface area contributed by atoms with Crippen LogP contribution < -0.4 is 33.2 Å². The summed E-state index contributed by atoms with van der Waals surface area (Å²) in [5.41, 5.74) is 5.09. The number of fused-ring (bicyclic) bond motifs is 10. The predicted molar refractivity (Wildman–Crippen MR) is 223 cm³/mol. The number of carbonyl (C=O) groups excluding carboxylic acids is 2. The van der Waals surface area contributed by atoms with Gasteiger partial charge in [0, 0.05) is 33.1 Å². The van der Waals surface area contributed by atoms with Crippen LogP contribution in [0, 0.1) is 0 Å². The van der Waals surface area contributed by atoms with Gasteiger partial charge in [0.25, 0.3) is 0 Å². The first-order valence-corrected chi connectivity index (χ1v) is 20.6. The van der Waals surface area contributed by atoms with Gasteiger partial charge in [-0.1, -0.05) is 27.6 Å². The lowest BCUT2D eigenvalue weighted by Crippen LogP contribution is -2.43. The van der Waals surface area contributed by atoms with E-state index in [-0.39, 0.29) is 50.4 Å². The molecule has 4 aromatic carbocycles. The molecule has 5 heterocycles. The molecule has 0 saturated heterocycles. The molecule has 0 aliphatic carbocycles. The molecule has 5 atom stereocenters. The molecular formula is C46H45BrO13. The van der Waals surface area contributed by atoms with Crippen LogP contribution in [0.1, 0.15) is 79.8 Å². The van der Waals surface area contributed by atoms with E-state index in [2.05, 4.69) is 15.9 Å². The number of alkyl halides is 1. The first kappa shape index (κ1) is 41.2. The number of aromatic hydroxyl groups is 1. The number of carbonyl (C=O) groups is 2. The smallest absolute Gasteiger partial charge is 0.178 e. The quantitative estimate of drug-likeness (QED) is 0.114. The number of halogens is 1. The summed E-state index contributed by atoms with van der Waals surface area (Å²) in [5, 5.41) is 39.9. The van der Waals surface area contributed by atoms with Crippen molar-refractivity contribution in [3.05, 3.63) is 111 Å². The van der Waals surface area contributed by atoms with E-state index >= 15 is 0 Å². The number of hydrogen-bond donors (Lipinski definition) is 4. The summed E-state index contributed by atoms with van der Waals surface area (Å²) in [7, 11) is 3.04. The van der Waals surface area contributed by atoms with Crippen molar-refractivity contribution in [1.29, 1.82) is 0 Å². The Labute approximate surface area is 354 Å². The number of phenolic OH excluding ortho intramolecular Hbond substituents is 1. The molecule has 4 N–H and O–H groups in total. The van der Waals surface area contributed by atoms with Crippen LogP contribution in [-0.4, -0.2) is 89.2 Å². The van der Waals surface area contributed by atoms with Crippen LogP contribution in [0.3, 0.4) is 0 Å². The van der Waals surface area contributed by atoms with Gasteiger partial charge in [0.1, 0.15) is 77.0 Å². The molecular weight excluding hydrogens is 840 g/mol. The standard InChI is InChI=1S/C23H23BrO6.C23H22O7/c1-12(9-24)3-4-14-17(26)6-5-15-22(27)21-16-8-18(28-2)13(10-25)7-19(16)29-11-20(21)30-23(14)15;1-23(11-25)6-5-13-16(30-23)4-3-14-21(26)20-15-8-17(27-2)12(9-24)7-18(15)28-10-19(20)29-22(13)14/h3,5-8,20-21,25-26H,4,9-11H2,1-2H3;3-8,19-20,24-25H,9-11H2,1-2H3/b12-3+;/t20-,21+;19-,20+,23?/m11/s1. The maximum absolute atomic E-state index is 13.5. The van der Waals surface area contributed by atoms with Crippen molar-refractivity contribution in [2.45, 2.75) is 63.1 Å². The maximum Gasteiger partial charge on any atom is 0.178 e. The number of hydrogen-bond acceptors (Lipinski definition) is 13. The Balaban J connectivity index is 0.000000166. The molecule has 9 rings (SSSR count). The highest BCUT2D eigenvalue weighted by Gasteiger charge is 2.46. The van der Waals surface area contributed by atoms with Gasteiger partial charge in [-0.25, -0.2) is 0 Å². The summed E-state index contributed by atoms with van der Waals surface area (Å²) >= 11 is 3.42. The average Bonchev–Trinajstić information content (AvgIpc) is 3.27. The predicted octanol–water partition coefficient (Wildman–Crippen LogP) is 6.36. The van der Waals surface area contributed by atoms with Crippen molar-refractivity contribution in [2.24, 2.45) is 0 Å². The van der Waals surface area contributed by atoms with Gasteiger partial charge in [-0.2, -0.15) is 0 Å². The second kappa shape index (κ2) is 16.5. The van der Waals surface area contributed by atoms with Crippen LogP contribution in [0.15, 0.2) is 66.3 Å². The average molecular weight is 886 g/mol. The highest BCUT2D eigenvalue weighted by molar-refractivity contribution is 9.09. The van der Waals surface area contributed by atoms with Crippen molar-refractivity contribution in [3.8, 4) is 46.0 Å². The molecule has 14 heteroatoms. The molecule has 13 nitrogen and oxygen atoms in total. The number of Topliss-reactive ketones (excluding diaryl/α,β-unsaturated/α-hetero) is 2. The number of ether oxygens (including phenoxy) is 7. The van der Waals surface area contributed by atoms with Crippen LogP contribution in [0.2, 0.25) is 0 Å². The number of rotatable bonds is 8. The fourth-order valence-electron chi connectivity index (χ4n) is 8.25. The van der Waals surface area contributed by atoms with Crippen molar-refractivity contribution < 1.29 is 63.2 Å². The Morgan fingerprint density at radius 3 is 1.90 bits per heavy atom. The number of methoxy groups -OCH3 is 2. The topological polar surface area (TPSA) is 180 Å². The van der Waals surface area contributed by atoms with Crippen molar-refractivity contribution in [3.63, 3.8) is 0 Å². The summed E-state index contributed by atoms with van der Waals surface area (Å²) < 4.78 is 40.9. The van der Waals surface area contributed by atoms with Crippen LogP contribution in [0.5, 0.6) is 46.0 Å². The zero-order valence-corrected chi connectivity index (χ0v) is 35.0. The van der Waals surface area contributed by atoms with Crippen LogP contribution in [-0.2, 0) is 19.6 Å². The molecule has 0 radical (unpaired) electrons. The van der Waals surface area contributed by atoms with E-state index in [1.807, 2.05) is 19.1 Å². The van der Waals surface area contributed by atoms with Crippen molar-refractivity contribution >= 4 is 33.6 Å². The van der Waals surface area contributed by atoms with Crippen LogP contribution in [0.4, 0.5) is 0 Å². The minimum Gasteiger partial charge on any atom is -0.508 e. The fourth-order valence-corrected chi connectivity index (χ4v) is 8.48. The molecule has 314 valence electrons. The summed E-state index contributed by atoms with van der Waals surface area (Å²) in [6.07, 6.45) is 5.05. The summed E-state index contributed by atoms with van der Waals surface area (Å²) in [5.74, 6) is 2.46. The lowest BCUT2D eigenvalue weighted by Gasteiger charge is -2.39. The zero-order valence-electron chi connectivity index (χ0n) is 33.5. The van der Waals surface area contributed by atoms with Crippen LogP contribution >= 0.6 is 15.9 Å². The van der Waals surface area contributed by atoms with E-state index in [1.54, 1.807) is 61.5 Å². The fraction of sp³-hybridized carbons (Fsp3) is 0.348. The minimum atomic E-state index is -0.809. The minimum absolute atomic E-state index is 0.0590. The van der Waals surface area contributed by atoms with E-state index in [1.165, 1.54) is 14.2 Å². The Bertz CT molecular complexity index is 2440. The largest absolute Gasteiger partial charge is 0.508 e. The summed E-state index contributed by atoms with van der Waals surface area (Å²) in [6, 6.07) is 13.5. The highest BCUT2D eigenvalue weighted by Crippen LogP contribution is 2.50. The van der Waals surface area contributed by atoms with Gasteiger partial charge in [-0.3, -0.25) is 9.59 Å². The second-order valence-electron chi connectivity index (χ2n) is 15.4. The third-order valence-electron chi connectivity index (χ3n) is 11.5. The third-order valence-corrected chi connectivity index (χ3v) is 12.4. The monoisotopic (exact) mass is 884 g/mol. The van der Waals surface area contributed by atoms with E-state index in [9.17, 15) is 30.0 Å². The van der Waals surface area contributed by atoms with Crippen molar-refractivity contribution in [2.75, 3.05) is 39.4 Å². The molecule has 0 fully saturated rings. The van der Waals surface area contributed by atoms with E-state index in [0.29, 0.717) is 91.2 Å². The first-order valence-electron chi connectivity index (χ1n) is 19.5. The van der Waals surface area contributed by atoms with E-state index in [0.717, 1.165) is 10.9 Å². The van der Waals surface area contributed by atoms with Gasteiger partial charge in [0.05, 0.1) is 62.6 Å². The Kier molecular flexibility index (Phi) is 11.3. The molecule has 0 aromatic heterocycles. The van der Waals surface area contributed by atoms with E-state index in [4.69, 9.17) is 33.2 Å². The van der Waals surface area contributed by atoms with Gasteiger partial charge in [0.2, 0.25) is 0 Å². The first-order chi connectivity index (χ1) is 29.0. The molecule has 1 unspecified atom stereocenters. The van der Waals surface area contributed by atoms with E-state index < -0.39 is 29.6 Å². The molecule has 0 bridgehead atoms. The Morgan fingerprint density at radius 2 is 1.37 bits per heavy atom. The molecule has 4 aromatic rings. The Morgan fingerprint density at radius 1 is 0.817 bits per heavy atom. The van der Waals surface area contributed by atoms with Gasteiger partial charge in [-0.05, 0) is 81.0 Å². The molecule has 5 aliphatic rings. The van der Waals surface area contributed by atoms with Gasteiger partial charge in [0.15, 0.2) is 11.6 Å². The lowest BCUT2D eigenvalue weighted by atomic mass is 9.80. The maximum atomic E-state index is 13.5. The summed E-state index contributed by atoms with van der Waals surface area (Å²) in [6.45, 7) is 3.65. The summed E-state index contributed by atoms with van der Waals surface area (Å²) in [4.78, 5) is 27.0. The lowest BCUT2D eigenvalue weighted by molar-refractivity contribution is 0.0523. The number of benzene rings is 4. The number of ketones is 2. The number of allylic oxidation sites excluding steroid dienone is 2. The zero-order chi connectivity index (χ0) is 42.5. The van der Waals surface area contributed by atoms with Gasteiger partial charge >= 0.3 is 0 Å². The SMILES string of the molecule is COc1cc2c(cc1CO)OC[C@H]1Oc3c(ccc(O)c3C/C=C(\C)CBr)C(=O)[C@@H]21.COc1cc2c(cc1CO)OC[C@H]1Oc3c(ccc4c3C=CC(C)(CO)O4)C(=O)[C@@H]21. The molecule has 0 amide bonds. The van der Waals surface area contributed by atoms with Gasteiger partial charge in [-0.15, -0.1) is 0 Å². The second-order valence-corrected chi connectivity index (χ2v) is 16.0. The molecule has 0 saturated carbocycles. The molecule has 0 spiro atoms. The van der Waals surface area contributed by atoms with Gasteiger partial charge < -0.3 is 53.6 Å². The third kappa shape index (κ3) is 7.14. The highest BCUT2D eigenvalue weighted by atomic mass is 79.9. The van der Waals surface area contributed by atoms with Crippen molar-refractivity contribution in [1.82, 2.24) is 0 Å². The number of aliphatic hydroxyl groups excluding tert-OH is 3. The molecule has 60 heavy (non-hydrogen) atoms. The Hall–Kier alpha value is -5.54. The van der Waals surface area contributed by atoms with Crippen LogP contribution in [0.25, 0.3) is 6.08 Å². The number of aliphatic hydroxyl groups is 3. The normalized spacial score (nSPS) is 22.8. The number of phenols is 1.